The van der Waals surface area contributed by atoms with E-state index in [1.54, 1.807) is 0 Å². The molecule has 0 aliphatic carbocycles. The van der Waals surface area contributed by atoms with Gasteiger partial charge in [0.15, 0.2) is 6.10 Å². The number of allylic oxidation sites excluding steroid dienone is 4. The van der Waals surface area contributed by atoms with E-state index in [0.29, 0.717) is 12.8 Å². The summed E-state index contributed by atoms with van der Waals surface area (Å²) in [5.41, 5.74) is 0. The number of ether oxygens (including phenoxy) is 2. The van der Waals surface area contributed by atoms with Gasteiger partial charge in [0.2, 0.25) is 0 Å². The lowest BCUT2D eigenvalue weighted by Crippen LogP contribution is -2.29. The van der Waals surface area contributed by atoms with Crippen molar-refractivity contribution in [1.82, 2.24) is 0 Å². The van der Waals surface area contributed by atoms with Crippen LogP contribution in [0.4, 0.5) is 0 Å². The molecule has 3 unspecified atom stereocenters. The van der Waals surface area contributed by atoms with Crippen LogP contribution in [0.3, 0.4) is 0 Å². The minimum Gasteiger partial charge on any atom is -0.462 e. The van der Waals surface area contributed by atoms with E-state index in [2.05, 4.69) is 42.7 Å². The molecule has 0 fully saturated rings. The van der Waals surface area contributed by atoms with Crippen molar-refractivity contribution in [2.45, 2.75) is 206 Å². The summed E-state index contributed by atoms with van der Waals surface area (Å²) in [6.45, 7) is 2.36. The van der Waals surface area contributed by atoms with E-state index in [0.717, 1.165) is 70.6 Å². The molecule has 0 radical (unpaired) electrons. The van der Waals surface area contributed by atoms with Gasteiger partial charge in [-0.1, -0.05) is 141 Å². The standard InChI is InChI=1S/C42H79O10P/c1-3-5-7-9-11-13-15-17-19-21-23-25-27-29-31-33-41(45)49-37-40(38-51-53(47,48)50-36-39(44)35-43)52-42(46)34-32-30-28-26-24-22-20-18-16-14-12-10-8-6-4-2/h17-20,39-40,43-44H,3-16,21-38H2,1-2H3,(H,47,48)/b19-17+,20-18-. The molecule has 0 heterocycles. The van der Waals surface area contributed by atoms with Crippen molar-refractivity contribution in [1.29, 1.82) is 0 Å². The zero-order valence-corrected chi connectivity index (χ0v) is 34.6. The molecule has 0 bridgehead atoms. The second-order valence-electron chi connectivity index (χ2n) is 14.4. The predicted molar refractivity (Wildman–Crippen MR) is 215 cm³/mol. The highest BCUT2D eigenvalue weighted by Crippen LogP contribution is 2.43. The normalized spacial score (nSPS) is 14.1. The maximum Gasteiger partial charge on any atom is 0.472 e. The Bertz CT molecular complexity index is 941. The fraction of sp³-hybridized carbons (Fsp3) is 0.857. The minimum atomic E-state index is -4.62. The lowest BCUT2D eigenvalue weighted by atomic mass is 10.1. The maximum atomic E-state index is 12.6. The lowest BCUT2D eigenvalue weighted by molar-refractivity contribution is -0.161. The number of carbonyl (C=O) groups excluding carboxylic acids is 2. The number of esters is 2. The highest BCUT2D eigenvalue weighted by atomic mass is 31.2. The van der Waals surface area contributed by atoms with Crippen LogP contribution in [0, 0.1) is 0 Å². The van der Waals surface area contributed by atoms with Crippen LogP contribution < -0.4 is 0 Å². The quantitative estimate of drug-likeness (QED) is 0.0238. The molecule has 0 saturated heterocycles. The van der Waals surface area contributed by atoms with Gasteiger partial charge in [0.05, 0.1) is 19.8 Å². The van der Waals surface area contributed by atoms with E-state index >= 15 is 0 Å². The monoisotopic (exact) mass is 775 g/mol. The van der Waals surface area contributed by atoms with Crippen molar-refractivity contribution in [3.05, 3.63) is 24.3 Å². The Morgan fingerprint density at radius 2 is 0.925 bits per heavy atom. The molecule has 0 rings (SSSR count). The van der Waals surface area contributed by atoms with Gasteiger partial charge in [-0.05, 0) is 64.2 Å². The van der Waals surface area contributed by atoms with Gasteiger partial charge in [-0.15, -0.1) is 0 Å². The number of aliphatic hydroxyl groups excluding tert-OH is 2. The zero-order chi connectivity index (χ0) is 39.1. The molecule has 10 nitrogen and oxygen atoms in total. The van der Waals surface area contributed by atoms with Crippen LogP contribution >= 0.6 is 7.82 Å². The van der Waals surface area contributed by atoms with Crippen molar-refractivity contribution in [3.8, 4) is 0 Å². The summed E-state index contributed by atoms with van der Waals surface area (Å²) in [6.07, 6.45) is 37.1. The second kappa shape index (κ2) is 38.7. The molecule has 312 valence electrons. The number of phosphoric ester groups is 1. The van der Waals surface area contributed by atoms with Gasteiger partial charge in [-0.25, -0.2) is 4.57 Å². The molecule has 53 heavy (non-hydrogen) atoms. The first-order valence-electron chi connectivity index (χ1n) is 21.3. The number of hydrogen-bond donors (Lipinski definition) is 3. The van der Waals surface area contributed by atoms with Crippen molar-refractivity contribution in [2.75, 3.05) is 26.4 Å². The lowest BCUT2D eigenvalue weighted by Gasteiger charge is -2.20. The van der Waals surface area contributed by atoms with Gasteiger partial charge >= 0.3 is 19.8 Å². The number of aliphatic hydroxyl groups is 2. The first kappa shape index (κ1) is 51.5. The van der Waals surface area contributed by atoms with Gasteiger partial charge in [0.1, 0.15) is 12.7 Å². The summed E-state index contributed by atoms with van der Waals surface area (Å²) in [7, 11) is -4.62. The largest absolute Gasteiger partial charge is 0.472 e. The van der Waals surface area contributed by atoms with E-state index in [1.807, 2.05) is 0 Å². The number of carbonyl (C=O) groups is 2. The van der Waals surface area contributed by atoms with Crippen LogP contribution in [-0.2, 0) is 32.7 Å². The molecule has 0 amide bonds. The topological polar surface area (TPSA) is 149 Å². The van der Waals surface area contributed by atoms with Crippen LogP contribution in [0.2, 0.25) is 0 Å². The van der Waals surface area contributed by atoms with Gasteiger partial charge < -0.3 is 24.6 Å². The summed E-state index contributed by atoms with van der Waals surface area (Å²) in [5, 5.41) is 18.3. The molecule has 0 aliphatic rings. The molecule has 0 aromatic heterocycles. The molecule has 0 saturated carbocycles. The highest BCUT2D eigenvalue weighted by molar-refractivity contribution is 7.47. The van der Waals surface area contributed by atoms with E-state index in [4.69, 9.17) is 19.1 Å². The Balaban J connectivity index is 4.33. The summed E-state index contributed by atoms with van der Waals surface area (Å²) in [4.78, 5) is 34.9. The summed E-state index contributed by atoms with van der Waals surface area (Å²) in [6, 6.07) is 0. The number of phosphoric acid groups is 1. The Morgan fingerprint density at radius 1 is 0.547 bits per heavy atom. The number of unbranched alkanes of at least 4 members (excludes halogenated alkanes) is 22. The van der Waals surface area contributed by atoms with Crippen molar-refractivity contribution >= 4 is 19.8 Å². The Kier molecular flexibility index (Phi) is 37.6. The fourth-order valence-corrected chi connectivity index (χ4v) is 6.54. The molecule has 0 aromatic rings. The van der Waals surface area contributed by atoms with Crippen molar-refractivity contribution in [3.63, 3.8) is 0 Å². The van der Waals surface area contributed by atoms with Crippen LogP contribution in [0.5, 0.6) is 0 Å². The van der Waals surface area contributed by atoms with Gasteiger partial charge in [0, 0.05) is 12.8 Å². The molecular formula is C42H79O10P. The average molecular weight is 775 g/mol. The number of hydrogen-bond acceptors (Lipinski definition) is 9. The van der Waals surface area contributed by atoms with E-state index in [9.17, 15) is 24.2 Å². The van der Waals surface area contributed by atoms with Crippen LogP contribution in [-0.4, -0.2) is 65.7 Å². The van der Waals surface area contributed by atoms with E-state index < -0.39 is 51.8 Å². The third-order valence-electron chi connectivity index (χ3n) is 9.08. The van der Waals surface area contributed by atoms with Gasteiger partial charge in [0.25, 0.3) is 0 Å². The summed E-state index contributed by atoms with van der Waals surface area (Å²) >= 11 is 0. The third kappa shape index (κ3) is 38.5. The highest BCUT2D eigenvalue weighted by Gasteiger charge is 2.27. The maximum absolute atomic E-state index is 12.6. The Morgan fingerprint density at radius 3 is 1.36 bits per heavy atom. The zero-order valence-electron chi connectivity index (χ0n) is 33.7. The van der Waals surface area contributed by atoms with E-state index in [1.165, 1.54) is 83.5 Å². The molecule has 0 spiro atoms. The first-order valence-corrected chi connectivity index (χ1v) is 22.8. The molecule has 0 aliphatic heterocycles. The summed E-state index contributed by atoms with van der Waals surface area (Å²) < 4.78 is 32.7. The third-order valence-corrected chi connectivity index (χ3v) is 10.0. The summed E-state index contributed by atoms with van der Waals surface area (Å²) in [5.74, 6) is -0.940. The van der Waals surface area contributed by atoms with Crippen LogP contribution in [0.25, 0.3) is 0 Å². The minimum absolute atomic E-state index is 0.174. The SMILES string of the molecule is CCCCCCCC/C=C\CCCCCCCC(=O)OC(COC(=O)CCCCCCC/C=C/CCCCCCCC)COP(=O)(O)OCC(O)CO. The Hall–Kier alpha value is -1.55. The molecular weight excluding hydrogens is 695 g/mol. The smallest absolute Gasteiger partial charge is 0.462 e. The molecule has 0 aromatic carbocycles. The first-order chi connectivity index (χ1) is 25.7. The van der Waals surface area contributed by atoms with Crippen LogP contribution in [0.15, 0.2) is 24.3 Å². The predicted octanol–water partition coefficient (Wildman–Crippen LogP) is 11.0. The fourth-order valence-electron chi connectivity index (χ4n) is 5.75. The number of rotatable bonds is 40. The van der Waals surface area contributed by atoms with Gasteiger partial charge in [-0.2, -0.15) is 0 Å². The average Bonchev–Trinajstić information content (AvgIpc) is 3.14. The molecule has 3 atom stereocenters. The van der Waals surface area contributed by atoms with Crippen molar-refractivity contribution < 1.29 is 47.8 Å². The molecule has 11 heteroatoms. The Labute approximate surface area is 323 Å². The second-order valence-corrected chi connectivity index (χ2v) is 15.8. The van der Waals surface area contributed by atoms with Gasteiger partial charge in [-0.3, -0.25) is 18.6 Å². The van der Waals surface area contributed by atoms with Crippen molar-refractivity contribution in [2.24, 2.45) is 0 Å². The van der Waals surface area contributed by atoms with E-state index in [-0.39, 0.29) is 19.4 Å². The van der Waals surface area contributed by atoms with Crippen LogP contribution in [0.1, 0.15) is 194 Å². The molecule has 3 N–H and O–H groups in total.